The second-order valence-corrected chi connectivity index (χ2v) is 5.30. The van der Waals surface area contributed by atoms with Gasteiger partial charge in [-0.3, -0.25) is 0 Å². The Morgan fingerprint density at radius 3 is 2.43 bits per heavy atom. The van der Waals surface area contributed by atoms with Gasteiger partial charge < -0.3 is 11.1 Å². The molecule has 2 rings (SSSR count). The fourth-order valence-electron chi connectivity index (χ4n) is 2.99. The van der Waals surface area contributed by atoms with E-state index in [-0.39, 0.29) is 5.54 Å². The molecule has 0 bridgehead atoms. The number of nitrogens with two attached hydrogens (primary N) is 1. The van der Waals surface area contributed by atoms with Gasteiger partial charge in [0, 0.05) is 5.54 Å². The van der Waals surface area contributed by atoms with Crippen LogP contribution in [-0.4, -0.2) is 18.6 Å². The summed E-state index contributed by atoms with van der Waals surface area (Å²) in [6, 6.07) is 0. The van der Waals surface area contributed by atoms with Crippen molar-refractivity contribution in [3.63, 3.8) is 0 Å². The third-order valence-electron chi connectivity index (χ3n) is 4.11. The van der Waals surface area contributed by atoms with Gasteiger partial charge in [-0.2, -0.15) is 0 Å². The van der Waals surface area contributed by atoms with Crippen LogP contribution in [0.1, 0.15) is 51.4 Å². The summed E-state index contributed by atoms with van der Waals surface area (Å²) in [5.41, 5.74) is 6.59. The quantitative estimate of drug-likeness (QED) is 0.725. The largest absolute Gasteiger partial charge is 0.325 e. The van der Waals surface area contributed by atoms with E-state index in [2.05, 4.69) is 5.32 Å². The summed E-state index contributed by atoms with van der Waals surface area (Å²) in [4.78, 5) is 0. The fourth-order valence-corrected chi connectivity index (χ4v) is 2.99. The lowest BCUT2D eigenvalue weighted by Crippen LogP contribution is -2.37. The summed E-state index contributed by atoms with van der Waals surface area (Å²) in [5, 5.41) is 3.42. The summed E-state index contributed by atoms with van der Waals surface area (Å²) in [6.45, 7) is 2.45. The van der Waals surface area contributed by atoms with E-state index in [0.717, 1.165) is 5.92 Å². The van der Waals surface area contributed by atoms with Crippen molar-refractivity contribution in [2.45, 2.75) is 56.9 Å². The van der Waals surface area contributed by atoms with E-state index in [1.165, 1.54) is 64.5 Å². The topological polar surface area (TPSA) is 38.0 Å². The predicted octanol–water partition coefficient (Wildman–Crippen LogP) is 2.04. The van der Waals surface area contributed by atoms with Gasteiger partial charge in [0.25, 0.3) is 0 Å². The van der Waals surface area contributed by atoms with Crippen LogP contribution in [0, 0.1) is 5.92 Å². The second-order valence-electron chi connectivity index (χ2n) is 5.30. The molecule has 1 saturated carbocycles. The van der Waals surface area contributed by atoms with Gasteiger partial charge >= 0.3 is 0 Å². The molecule has 14 heavy (non-hydrogen) atoms. The summed E-state index contributed by atoms with van der Waals surface area (Å²) in [6.07, 6.45) is 10.7. The van der Waals surface area contributed by atoms with Crippen molar-refractivity contribution in [3.05, 3.63) is 0 Å². The van der Waals surface area contributed by atoms with Crippen LogP contribution in [0.2, 0.25) is 0 Å². The molecule has 2 nitrogen and oxygen atoms in total. The van der Waals surface area contributed by atoms with Crippen molar-refractivity contribution in [1.82, 2.24) is 5.32 Å². The summed E-state index contributed by atoms with van der Waals surface area (Å²) in [7, 11) is 0. The molecule has 1 aliphatic heterocycles. The molecule has 1 aliphatic carbocycles. The highest BCUT2D eigenvalue weighted by Gasteiger charge is 2.29. The van der Waals surface area contributed by atoms with E-state index >= 15 is 0 Å². The molecule has 1 saturated heterocycles. The normalized spacial score (nSPS) is 28.1. The Morgan fingerprint density at radius 1 is 1.14 bits per heavy atom. The first-order valence-electron chi connectivity index (χ1n) is 6.28. The third kappa shape index (κ3) is 2.71. The molecule has 3 N–H and O–H groups in total. The molecule has 2 fully saturated rings. The van der Waals surface area contributed by atoms with Crippen molar-refractivity contribution in [2.75, 3.05) is 13.1 Å². The van der Waals surface area contributed by atoms with Gasteiger partial charge in [0.05, 0.1) is 0 Å². The molecule has 0 aromatic carbocycles. The Kier molecular flexibility index (Phi) is 3.45. The minimum atomic E-state index is 0.227. The summed E-state index contributed by atoms with van der Waals surface area (Å²) in [5.74, 6) is 0.956. The Hall–Kier alpha value is -0.0800. The molecule has 0 atom stereocenters. The first-order valence-corrected chi connectivity index (χ1v) is 6.28. The van der Waals surface area contributed by atoms with Crippen LogP contribution >= 0.6 is 0 Å². The number of hydrogen-bond donors (Lipinski definition) is 2. The smallest absolute Gasteiger partial charge is 0.0154 e. The summed E-state index contributed by atoms with van der Waals surface area (Å²) < 4.78 is 0. The van der Waals surface area contributed by atoms with Crippen molar-refractivity contribution in [1.29, 1.82) is 0 Å². The van der Waals surface area contributed by atoms with Gasteiger partial charge in [0.1, 0.15) is 0 Å². The van der Waals surface area contributed by atoms with Crippen LogP contribution in [0.3, 0.4) is 0 Å². The van der Waals surface area contributed by atoms with E-state index in [9.17, 15) is 0 Å². The SMILES string of the molecule is NC1(CCC2CCNCC2)CCCC1. The van der Waals surface area contributed by atoms with Gasteiger partial charge in [0.2, 0.25) is 0 Å². The van der Waals surface area contributed by atoms with Crippen molar-refractivity contribution in [2.24, 2.45) is 11.7 Å². The maximum absolute atomic E-state index is 6.36. The van der Waals surface area contributed by atoms with E-state index in [1.54, 1.807) is 0 Å². The Morgan fingerprint density at radius 2 is 1.79 bits per heavy atom. The fraction of sp³-hybridized carbons (Fsp3) is 1.00. The maximum atomic E-state index is 6.36. The average Bonchev–Trinajstić information content (AvgIpc) is 2.65. The van der Waals surface area contributed by atoms with Crippen molar-refractivity contribution < 1.29 is 0 Å². The van der Waals surface area contributed by atoms with Gasteiger partial charge in [-0.05, 0) is 57.5 Å². The highest BCUT2D eigenvalue weighted by atomic mass is 14.9. The Labute approximate surface area is 87.6 Å². The number of hydrogen-bond acceptors (Lipinski definition) is 2. The monoisotopic (exact) mass is 196 g/mol. The highest BCUT2D eigenvalue weighted by Crippen LogP contribution is 2.33. The van der Waals surface area contributed by atoms with Crippen LogP contribution in [-0.2, 0) is 0 Å². The standard InChI is InChI=1S/C12H24N2/c13-12(6-1-2-7-12)8-3-11-4-9-14-10-5-11/h11,14H,1-10,13H2. The molecule has 0 spiro atoms. The summed E-state index contributed by atoms with van der Waals surface area (Å²) >= 11 is 0. The lowest BCUT2D eigenvalue weighted by atomic mass is 9.85. The van der Waals surface area contributed by atoms with E-state index < -0.39 is 0 Å². The number of rotatable bonds is 3. The molecule has 0 aromatic rings. The molecule has 0 radical (unpaired) electrons. The van der Waals surface area contributed by atoms with Gasteiger partial charge in [-0.25, -0.2) is 0 Å². The zero-order valence-electron chi connectivity index (χ0n) is 9.23. The van der Waals surface area contributed by atoms with E-state index in [0.29, 0.717) is 0 Å². The second kappa shape index (κ2) is 4.63. The lowest BCUT2D eigenvalue weighted by Gasteiger charge is -2.28. The van der Waals surface area contributed by atoms with Crippen LogP contribution in [0.5, 0.6) is 0 Å². The molecular formula is C12H24N2. The van der Waals surface area contributed by atoms with Crippen LogP contribution in [0.15, 0.2) is 0 Å². The highest BCUT2D eigenvalue weighted by molar-refractivity contribution is 4.89. The average molecular weight is 196 g/mol. The van der Waals surface area contributed by atoms with Crippen molar-refractivity contribution in [3.8, 4) is 0 Å². The van der Waals surface area contributed by atoms with Gasteiger partial charge in [-0.1, -0.05) is 12.8 Å². The third-order valence-corrected chi connectivity index (χ3v) is 4.11. The van der Waals surface area contributed by atoms with Gasteiger partial charge in [-0.15, -0.1) is 0 Å². The van der Waals surface area contributed by atoms with E-state index in [1.807, 2.05) is 0 Å². The molecule has 2 heteroatoms. The van der Waals surface area contributed by atoms with E-state index in [4.69, 9.17) is 5.73 Å². The number of piperidine rings is 1. The molecular weight excluding hydrogens is 172 g/mol. The lowest BCUT2D eigenvalue weighted by molar-refractivity contribution is 0.297. The van der Waals surface area contributed by atoms with Gasteiger partial charge in [0.15, 0.2) is 0 Å². The molecule has 0 amide bonds. The minimum Gasteiger partial charge on any atom is -0.325 e. The minimum absolute atomic E-state index is 0.227. The predicted molar refractivity (Wildman–Crippen MR) is 60.2 cm³/mol. The molecule has 0 aromatic heterocycles. The maximum Gasteiger partial charge on any atom is 0.0154 e. The number of nitrogens with one attached hydrogen (secondary N) is 1. The van der Waals surface area contributed by atoms with Crippen LogP contribution < -0.4 is 11.1 Å². The molecule has 1 heterocycles. The first kappa shape index (κ1) is 10.4. The molecule has 82 valence electrons. The van der Waals surface area contributed by atoms with Crippen molar-refractivity contribution >= 4 is 0 Å². The molecule has 2 aliphatic rings. The molecule has 0 unspecified atom stereocenters. The Balaban J connectivity index is 1.70. The zero-order chi connectivity index (χ0) is 9.86. The van der Waals surface area contributed by atoms with Crippen LogP contribution in [0.4, 0.5) is 0 Å². The Bertz CT molecular complexity index is 167. The first-order chi connectivity index (χ1) is 6.79. The van der Waals surface area contributed by atoms with Crippen LogP contribution in [0.25, 0.3) is 0 Å². The zero-order valence-corrected chi connectivity index (χ0v) is 9.23.